The van der Waals surface area contributed by atoms with Crippen molar-refractivity contribution in [3.05, 3.63) is 40.9 Å². The van der Waals surface area contributed by atoms with Gasteiger partial charge in [-0.15, -0.1) is 0 Å². The van der Waals surface area contributed by atoms with Gasteiger partial charge in [0.1, 0.15) is 12.2 Å². The molecular formula is C10H7ClF3N3. The van der Waals surface area contributed by atoms with E-state index in [0.29, 0.717) is 5.82 Å². The molecule has 1 aromatic carbocycles. The quantitative estimate of drug-likeness (QED) is 0.789. The molecule has 7 heteroatoms. The lowest BCUT2D eigenvalue weighted by atomic mass is 10.1. The van der Waals surface area contributed by atoms with E-state index in [2.05, 4.69) is 10.1 Å². The molecule has 3 nitrogen and oxygen atoms in total. The van der Waals surface area contributed by atoms with Crippen LogP contribution in [0.4, 0.5) is 13.2 Å². The highest BCUT2D eigenvalue weighted by molar-refractivity contribution is 6.30. The van der Waals surface area contributed by atoms with Crippen molar-refractivity contribution in [2.45, 2.75) is 13.1 Å². The van der Waals surface area contributed by atoms with Gasteiger partial charge in [0.25, 0.3) is 0 Å². The first-order valence-electron chi connectivity index (χ1n) is 4.63. The lowest BCUT2D eigenvalue weighted by Crippen LogP contribution is -2.11. The van der Waals surface area contributed by atoms with Crippen LogP contribution in [-0.2, 0) is 6.18 Å². The molecule has 0 aliphatic carbocycles. The normalized spacial score (nSPS) is 11.8. The summed E-state index contributed by atoms with van der Waals surface area (Å²) in [6.45, 7) is 1.60. The smallest absolute Gasteiger partial charge is 0.220 e. The maximum atomic E-state index is 12.8. The fourth-order valence-corrected chi connectivity index (χ4v) is 1.57. The van der Waals surface area contributed by atoms with Crippen LogP contribution in [0.5, 0.6) is 0 Å². The van der Waals surface area contributed by atoms with Crippen molar-refractivity contribution in [2.75, 3.05) is 0 Å². The first-order chi connectivity index (χ1) is 7.88. The number of aromatic nitrogens is 3. The van der Waals surface area contributed by atoms with Crippen LogP contribution in [-0.4, -0.2) is 14.8 Å². The molecule has 1 heterocycles. The Balaban J connectivity index is 2.61. The van der Waals surface area contributed by atoms with Crippen LogP contribution in [0.2, 0.25) is 5.02 Å². The van der Waals surface area contributed by atoms with E-state index in [0.717, 1.165) is 10.7 Å². The Hall–Kier alpha value is -1.56. The second kappa shape index (κ2) is 4.03. The topological polar surface area (TPSA) is 30.7 Å². The van der Waals surface area contributed by atoms with E-state index >= 15 is 0 Å². The van der Waals surface area contributed by atoms with Gasteiger partial charge in [-0.05, 0) is 25.1 Å². The van der Waals surface area contributed by atoms with E-state index in [1.165, 1.54) is 18.5 Å². The molecule has 0 unspecified atom stereocenters. The highest BCUT2D eigenvalue weighted by Gasteiger charge is 2.34. The SMILES string of the molecule is Cc1ncn(-c2ccc(Cl)cc2C(F)(F)F)n1. The molecule has 17 heavy (non-hydrogen) atoms. The zero-order chi connectivity index (χ0) is 12.6. The van der Waals surface area contributed by atoms with Crippen molar-refractivity contribution >= 4 is 11.6 Å². The van der Waals surface area contributed by atoms with Crippen LogP contribution in [0.1, 0.15) is 11.4 Å². The number of benzene rings is 1. The molecule has 0 saturated carbocycles. The number of aryl methyl sites for hydroxylation is 1. The molecule has 0 bridgehead atoms. The van der Waals surface area contributed by atoms with Crippen molar-refractivity contribution in [3.63, 3.8) is 0 Å². The third-order valence-electron chi connectivity index (χ3n) is 2.12. The molecule has 0 fully saturated rings. The van der Waals surface area contributed by atoms with Crippen molar-refractivity contribution in [2.24, 2.45) is 0 Å². The predicted octanol–water partition coefficient (Wildman–Crippen LogP) is 3.25. The number of nitrogens with zero attached hydrogens (tertiary/aromatic N) is 3. The van der Waals surface area contributed by atoms with Crippen LogP contribution >= 0.6 is 11.6 Å². The van der Waals surface area contributed by atoms with Crippen molar-refractivity contribution in [3.8, 4) is 5.69 Å². The molecule has 0 spiro atoms. The second-order valence-corrected chi connectivity index (χ2v) is 3.83. The van der Waals surface area contributed by atoms with Crippen LogP contribution in [0.3, 0.4) is 0 Å². The maximum absolute atomic E-state index is 12.8. The Kier molecular flexibility index (Phi) is 2.82. The number of hydrogen-bond donors (Lipinski definition) is 0. The van der Waals surface area contributed by atoms with Gasteiger partial charge >= 0.3 is 6.18 Å². The minimum atomic E-state index is -4.49. The Labute approximate surface area is 99.8 Å². The van der Waals surface area contributed by atoms with Gasteiger partial charge in [-0.2, -0.15) is 18.3 Å². The molecule has 2 rings (SSSR count). The monoisotopic (exact) mass is 261 g/mol. The molecule has 0 radical (unpaired) electrons. The van der Waals surface area contributed by atoms with E-state index in [9.17, 15) is 13.2 Å². The number of hydrogen-bond acceptors (Lipinski definition) is 2. The zero-order valence-corrected chi connectivity index (χ0v) is 9.42. The summed E-state index contributed by atoms with van der Waals surface area (Å²) in [5.41, 5.74) is -0.933. The van der Waals surface area contributed by atoms with Gasteiger partial charge < -0.3 is 0 Å². The van der Waals surface area contributed by atoms with E-state index in [1.807, 2.05) is 0 Å². The van der Waals surface area contributed by atoms with Gasteiger partial charge in [-0.25, -0.2) is 9.67 Å². The summed E-state index contributed by atoms with van der Waals surface area (Å²) in [5, 5.41) is 3.87. The summed E-state index contributed by atoms with van der Waals surface area (Å²) in [7, 11) is 0. The Bertz CT molecular complexity index is 548. The average molecular weight is 262 g/mol. The van der Waals surface area contributed by atoms with E-state index in [4.69, 9.17) is 11.6 Å². The van der Waals surface area contributed by atoms with Crippen molar-refractivity contribution in [1.82, 2.24) is 14.8 Å². The Morgan fingerprint density at radius 3 is 2.53 bits per heavy atom. The molecule has 2 aromatic rings. The zero-order valence-electron chi connectivity index (χ0n) is 8.66. The van der Waals surface area contributed by atoms with Gasteiger partial charge in [-0.3, -0.25) is 0 Å². The largest absolute Gasteiger partial charge is 0.418 e. The average Bonchev–Trinajstić information content (AvgIpc) is 2.63. The Morgan fingerprint density at radius 1 is 1.29 bits per heavy atom. The maximum Gasteiger partial charge on any atom is 0.418 e. The van der Waals surface area contributed by atoms with Gasteiger partial charge in [0, 0.05) is 5.02 Å². The Morgan fingerprint density at radius 2 is 2.00 bits per heavy atom. The third kappa shape index (κ3) is 2.41. The van der Waals surface area contributed by atoms with Gasteiger partial charge in [0.05, 0.1) is 11.3 Å². The minimum Gasteiger partial charge on any atom is -0.220 e. The molecule has 1 aromatic heterocycles. The number of rotatable bonds is 1. The molecule has 0 atom stereocenters. The molecule has 0 N–H and O–H groups in total. The molecule has 0 aliphatic heterocycles. The highest BCUT2D eigenvalue weighted by Crippen LogP contribution is 2.35. The van der Waals surface area contributed by atoms with E-state index in [1.54, 1.807) is 6.92 Å². The number of halogens is 4. The first-order valence-corrected chi connectivity index (χ1v) is 5.01. The summed E-state index contributed by atoms with van der Waals surface area (Å²) in [6, 6.07) is 3.51. The predicted molar refractivity (Wildman–Crippen MR) is 56.1 cm³/mol. The molecule has 0 aliphatic rings. The fourth-order valence-electron chi connectivity index (χ4n) is 1.40. The van der Waals surface area contributed by atoms with Crippen LogP contribution in [0.15, 0.2) is 24.5 Å². The summed E-state index contributed by atoms with van der Waals surface area (Å²) in [6.07, 6.45) is -3.26. The molecule has 90 valence electrons. The van der Waals surface area contributed by atoms with E-state index in [-0.39, 0.29) is 10.7 Å². The minimum absolute atomic E-state index is 0.0258. The summed E-state index contributed by atoms with van der Waals surface area (Å²) in [5.74, 6) is 0.396. The third-order valence-corrected chi connectivity index (χ3v) is 2.35. The summed E-state index contributed by atoms with van der Waals surface area (Å²) < 4.78 is 39.5. The lowest BCUT2D eigenvalue weighted by molar-refractivity contribution is -0.137. The van der Waals surface area contributed by atoms with Crippen molar-refractivity contribution in [1.29, 1.82) is 0 Å². The van der Waals surface area contributed by atoms with Gasteiger partial charge in [-0.1, -0.05) is 11.6 Å². The fraction of sp³-hybridized carbons (Fsp3) is 0.200. The molecular weight excluding hydrogens is 255 g/mol. The van der Waals surface area contributed by atoms with E-state index < -0.39 is 11.7 Å². The van der Waals surface area contributed by atoms with Crippen LogP contribution in [0.25, 0.3) is 5.69 Å². The second-order valence-electron chi connectivity index (χ2n) is 3.40. The first kappa shape index (κ1) is 11.9. The van der Waals surface area contributed by atoms with Crippen LogP contribution < -0.4 is 0 Å². The van der Waals surface area contributed by atoms with Crippen molar-refractivity contribution < 1.29 is 13.2 Å². The van der Waals surface area contributed by atoms with Crippen LogP contribution in [0, 0.1) is 6.92 Å². The summed E-state index contributed by atoms with van der Waals surface area (Å²) >= 11 is 5.57. The van der Waals surface area contributed by atoms with Gasteiger partial charge in [0.2, 0.25) is 0 Å². The highest BCUT2D eigenvalue weighted by atomic mass is 35.5. The van der Waals surface area contributed by atoms with Gasteiger partial charge in [0.15, 0.2) is 0 Å². The standard InChI is InChI=1S/C10H7ClF3N3/c1-6-15-5-17(16-6)9-3-2-7(11)4-8(9)10(12,13)14/h2-5H,1H3. The molecule has 0 saturated heterocycles. The number of alkyl halides is 3. The lowest BCUT2D eigenvalue weighted by Gasteiger charge is -2.12. The molecule has 0 amide bonds. The summed E-state index contributed by atoms with van der Waals surface area (Å²) in [4.78, 5) is 3.79.